The van der Waals surface area contributed by atoms with E-state index in [0.29, 0.717) is 5.56 Å². The molecule has 0 aliphatic heterocycles. The van der Waals surface area contributed by atoms with Gasteiger partial charge in [0, 0.05) is 5.56 Å². The molecule has 0 saturated carbocycles. The standard InChI is InChI=1S/C15H20O2/c1-2-3-4-5-15(17)11-10-13-6-8-14(12-16)9-7-13/h6-12,15,17H,2-5H2,1H3/b11-10+. The lowest BCUT2D eigenvalue weighted by atomic mass is 10.1. The highest BCUT2D eigenvalue weighted by Crippen LogP contribution is 2.08. The lowest BCUT2D eigenvalue weighted by Crippen LogP contribution is -2.01. The first kappa shape index (κ1) is 13.7. The van der Waals surface area contributed by atoms with Crippen LogP contribution in [0.1, 0.15) is 48.5 Å². The van der Waals surface area contributed by atoms with Crippen LogP contribution in [0.5, 0.6) is 0 Å². The van der Waals surface area contributed by atoms with Crippen molar-refractivity contribution in [1.29, 1.82) is 0 Å². The molecule has 0 bridgehead atoms. The van der Waals surface area contributed by atoms with Gasteiger partial charge in [0.15, 0.2) is 0 Å². The lowest BCUT2D eigenvalue weighted by molar-refractivity contribution is 0.112. The Morgan fingerprint density at radius 3 is 2.41 bits per heavy atom. The summed E-state index contributed by atoms with van der Waals surface area (Å²) in [6.07, 6.45) is 8.38. The Morgan fingerprint density at radius 1 is 1.18 bits per heavy atom. The second-order valence-electron chi connectivity index (χ2n) is 4.21. The van der Waals surface area contributed by atoms with Gasteiger partial charge in [0.1, 0.15) is 6.29 Å². The number of aliphatic hydroxyl groups is 1. The highest BCUT2D eigenvalue weighted by atomic mass is 16.3. The van der Waals surface area contributed by atoms with Crippen molar-refractivity contribution in [3.8, 4) is 0 Å². The van der Waals surface area contributed by atoms with Gasteiger partial charge in [-0.1, -0.05) is 62.6 Å². The van der Waals surface area contributed by atoms with Gasteiger partial charge >= 0.3 is 0 Å². The van der Waals surface area contributed by atoms with E-state index in [4.69, 9.17) is 0 Å². The van der Waals surface area contributed by atoms with Crippen LogP contribution in [-0.2, 0) is 0 Å². The van der Waals surface area contributed by atoms with Gasteiger partial charge in [0.05, 0.1) is 6.10 Å². The molecular weight excluding hydrogens is 212 g/mol. The minimum atomic E-state index is -0.368. The van der Waals surface area contributed by atoms with Gasteiger partial charge in [-0.15, -0.1) is 0 Å². The van der Waals surface area contributed by atoms with E-state index < -0.39 is 0 Å². The normalized spacial score (nSPS) is 12.8. The summed E-state index contributed by atoms with van der Waals surface area (Å²) < 4.78 is 0. The Bertz CT molecular complexity index is 352. The third kappa shape index (κ3) is 5.45. The van der Waals surface area contributed by atoms with E-state index in [-0.39, 0.29) is 6.10 Å². The molecule has 0 spiro atoms. The maximum absolute atomic E-state index is 10.5. The molecule has 17 heavy (non-hydrogen) atoms. The number of rotatable bonds is 7. The van der Waals surface area contributed by atoms with Crippen molar-refractivity contribution in [3.05, 3.63) is 41.5 Å². The van der Waals surface area contributed by atoms with Crippen molar-refractivity contribution >= 4 is 12.4 Å². The average molecular weight is 232 g/mol. The summed E-state index contributed by atoms with van der Waals surface area (Å²) in [7, 11) is 0. The third-order valence-corrected chi connectivity index (χ3v) is 2.69. The van der Waals surface area contributed by atoms with Crippen molar-refractivity contribution in [2.24, 2.45) is 0 Å². The molecule has 0 radical (unpaired) electrons. The minimum absolute atomic E-state index is 0.368. The molecule has 0 amide bonds. The van der Waals surface area contributed by atoms with Crippen molar-refractivity contribution < 1.29 is 9.90 Å². The summed E-state index contributed by atoms with van der Waals surface area (Å²) in [5.41, 5.74) is 1.68. The summed E-state index contributed by atoms with van der Waals surface area (Å²) in [6, 6.07) is 7.30. The van der Waals surface area contributed by atoms with Gasteiger partial charge in [-0.05, 0) is 12.0 Å². The summed E-state index contributed by atoms with van der Waals surface area (Å²) in [5, 5.41) is 9.69. The molecule has 0 aliphatic carbocycles. The highest BCUT2D eigenvalue weighted by Gasteiger charge is 1.98. The Hall–Kier alpha value is -1.41. The molecule has 1 aromatic rings. The molecule has 1 rings (SSSR count). The Labute approximate surface area is 103 Å². The van der Waals surface area contributed by atoms with Crippen LogP contribution in [0.2, 0.25) is 0 Å². The fourth-order valence-corrected chi connectivity index (χ4v) is 1.61. The van der Waals surface area contributed by atoms with Crippen molar-refractivity contribution in [2.75, 3.05) is 0 Å². The van der Waals surface area contributed by atoms with Gasteiger partial charge in [-0.25, -0.2) is 0 Å². The number of carbonyl (C=O) groups is 1. The monoisotopic (exact) mass is 232 g/mol. The first-order chi connectivity index (χ1) is 8.26. The van der Waals surface area contributed by atoms with E-state index in [2.05, 4.69) is 6.92 Å². The van der Waals surface area contributed by atoms with E-state index in [1.807, 2.05) is 24.3 Å². The number of hydrogen-bond donors (Lipinski definition) is 1. The number of unbranched alkanes of at least 4 members (excludes halogenated alkanes) is 2. The smallest absolute Gasteiger partial charge is 0.150 e. The van der Waals surface area contributed by atoms with Gasteiger partial charge in [-0.3, -0.25) is 4.79 Å². The van der Waals surface area contributed by atoms with E-state index >= 15 is 0 Å². The average Bonchev–Trinajstić information content (AvgIpc) is 2.37. The van der Waals surface area contributed by atoms with Gasteiger partial charge in [-0.2, -0.15) is 0 Å². The van der Waals surface area contributed by atoms with E-state index in [9.17, 15) is 9.90 Å². The topological polar surface area (TPSA) is 37.3 Å². The number of hydrogen-bond acceptors (Lipinski definition) is 2. The molecule has 0 fully saturated rings. The summed E-state index contributed by atoms with van der Waals surface area (Å²) in [6.45, 7) is 2.15. The molecule has 1 N–H and O–H groups in total. The number of aliphatic hydroxyl groups excluding tert-OH is 1. The first-order valence-corrected chi connectivity index (χ1v) is 6.17. The van der Waals surface area contributed by atoms with E-state index in [1.54, 1.807) is 12.1 Å². The van der Waals surface area contributed by atoms with Crippen LogP contribution in [0.15, 0.2) is 30.3 Å². The van der Waals surface area contributed by atoms with E-state index in [0.717, 1.165) is 24.7 Å². The van der Waals surface area contributed by atoms with Crippen LogP contribution < -0.4 is 0 Å². The predicted octanol–water partition coefficient (Wildman–Crippen LogP) is 3.45. The zero-order valence-corrected chi connectivity index (χ0v) is 10.3. The van der Waals surface area contributed by atoms with Crippen molar-refractivity contribution in [3.63, 3.8) is 0 Å². The van der Waals surface area contributed by atoms with Crippen molar-refractivity contribution in [1.82, 2.24) is 0 Å². The second kappa shape index (κ2) is 7.80. The van der Waals surface area contributed by atoms with Crippen LogP contribution in [0, 0.1) is 0 Å². The molecule has 1 atom stereocenters. The molecule has 2 heteroatoms. The maximum atomic E-state index is 10.5. The van der Waals surface area contributed by atoms with Gasteiger partial charge < -0.3 is 5.11 Å². The molecule has 2 nitrogen and oxygen atoms in total. The quantitative estimate of drug-likeness (QED) is 0.577. The molecule has 1 unspecified atom stereocenters. The van der Waals surface area contributed by atoms with E-state index in [1.165, 1.54) is 12.8 Å². The highest BCUT2D eigenvalue weighted by molar-refractivity contribution is 5.75. The number of carbonyl (C=O) groups excluding carboxylic acids is 1. The lowest BCUT2D eigenvalue weighted by Gasteiger charge is -2.04. The number of aldehydes is 1. The largest absolute Gasteiger partial charge is 0.389 e. The fourth-order valence-electron chi connectivity index (χ4n) is 1.61. The molecule has 0 aromatic heterocycles. The zero-order chi connectivity index (χ0) is 12.5. The first-order valence-electron chi connectivity index (χ1n) is 6.17. The Morgan fingerprint density at radius 2 is 1.82 bits per heavy atom. The van der Waals surface area contributed by atoms with Crippen LogP contribution in [0.4, 0.5) is 0 Å². The van der Waals surface area contributed by atoms with Crippen LogP contribution in [-0.4, -0.2) is 17.5 Å². The van der Waals surface area contributed by atoms with Crippen LogP contribution in [0.25, 0.3) is 6.08 Å². The molecular formula is C15H20O2. The second-order valence-corrected chi connectivity index (χ2v) is 4.21. The SMILES string of the molecule is CCCCCC(O)/C=C/c1ccc(C=O)cc1. The summed E-state index contributed by atoms with van der Waals surface area (Å²) in [4.78, 5) is 10.5. The molecule has 0 heterocycles. The van der Waals surface area contributed by atoms with Crippen LogP contribution in [0.3, 0.4) is 0 Å². The van der Waals surface area contributed by atoms with Crippen molar-refractivity contribution in [2.45, 2.75) is 38.7 Å². The van der Waals surface area contributed by atoms with Crippen LogP contribution >= 0.6 is 0 Å². The summed E-state index contributed by atoms with van der Waals surface area (Å²) >= 11 is 0. The Balaban J connectivity index is 2.43. The fraction of sp³-hybridized carbons (Fsp3) is 0.400. The molecule has 1 aromatic carbocycles. The molecule has 92 valence electrons. The molecule has 0 aliphatic rings. The Kier molecular flexibility index (Phi) is 6.26. The minimum Gasteiger partial charge on any atom is -0.389 e. The summed E-state index contributed by atoms with van der Waals surface area (Å²) in [5.74, 6) is 0. The number of benzene rings is 1. The van der Waals surface area contributed by atoms with Gasteiger partial charge in [0.25, 0.3) is 0 Å². The third-order valence-electron chi connectivity index (χ3n) is 2.69. The predicted molar refractivity (Wildman–Crippen MR) is 71.0 cm³/mol. The zero-order valence-electron chi connectivity index (χ0n) is 10.3. The van der Waals surface area contributed by atoms with Gasteiger partial charge in [0.2, 0.25) is 0 Å². The maximum Gasteiger partial charge on any atom is 0.150 e. The molecule has 0 saturated heterocycles.